The first-order valence-corrected chi connectivity index (χ1v) is 6.33. The van der Waals surface area contributed by atoms with Gasteiger partial charge in [-0.25, -0.2) is 0 Å². The van der Waals surface area contributed by atoms with Gasteiger partial charge < -0.3 is 15.4 Å². The molecule has 2 aliphatic rings. The van der Waals surface area contributed by atoms with Crippen LogP contribution in [-0.4, -0.2) is 19.0 Å². The Morgan fingerprint density at radius 1 is 1.22 bits per heavy atom. The first-order valence-electron chi connectivity index (χ1n) is 5.95. The van der Waals surface area contributed by atoms with Crippen LogP contribution in [0.2, 0.25) is 5.02 Å². The number of anilines is 1. The molecule has 0 spiro atoms. The molecule has 0 bridgehead atoms. The maximum absolute atomic E-state index is 12.0. The minimum atomic E-state index is -0.165. The van der Waals surface area contributed by atoms with Gasteiger partial charge in [0.25, 0.3) is 5.91 Å². The molecule has 5 heteroatoms. The number of ether oxygens (including phenoxy) is 1. The maximum atomic E-state index is 12.0. The molecule has 1 saturated heterocycles. The lowest BCUT2D eigenvalue weighted by Gasteiger charge is -2.24. The summed E-state index contributed by atoms with van der Waals surface area (Å²) in [5.41, 5.74) is 1.74. The number of carbonyl (C=O) groups excluding carboxylic acids is 1. The second kappa shape index (κ2) is 4.63. The highest BCUT2D eigenvalue weighted by molar-refractivity contribution is 6.31. The number of halogens is 1. The van der Waals surface area contributed by atoms with Gasteiger partial charge in [-0.15, -0.1) is 0 Å². The number of rotatable bonds is 0. The number of piperidine rings is 1. The van der Waals surface area contributed by atoms with Crippen LogP contribution in [0, 0.1) is 0 Å². The zero-order valence-corrected chi connectivity index (χ0v) is 10.5. The molecule has 94 valence electrons. The van der Waals surface area contributed by atoms with Gasteiger partial charge in [-0.3, -0.25) is 4.79 Å². The molecule has 1 aromatic rings. The van der Waals surface area contributed by atoms with Gasteiger partial charge in [0.1, 0.15) is 0 Å². The highest BCUT2D eigenvalue weighted by atomic mass is 35.5. The Labute approximate surface area is 110 Å². The van der Waals surface area contributed by atoms with Crippen LogP contribution in [0.4, 0.5) is 5.69 Å². The van der Waals surface area contributed by atoms with Crippen LogP contribution in [0.3, 0.4) is 0 Å². The smallest absolute Gasteiger partial charge is 0.291 e. The van der Waals surface area contributed by atoms with E-state index >= 15 is 0 Å². The average molecular weight is 265 g/mol. The van der Waals surface area contributed by atoms with Gasteiger partial charge >= 0.3 is 0 Å². The van der Waals surface area contributed by atoms with E-state index in [9.17, 15) is 4.79 Å². The number of hydrogen-bond acceptors (Lipinski definition) is 3. The molecular formula is C13H13ClN2O2. The number of fused-ring (bicyclic) bond motifs is 1. The largest absolute Gasteiger partial charge is 0.449 e. The average Bonchev–Trinajstić information content (AvgIpc) is 2.39. The number of hydrogen-bond donors (Lipinski definition) is 2. The SMILES string of the molecule is O=C1Nc2ccc(Cl)cc2OC1=C1CCNCC1. The fourth-order valence-corrected chi connectivity index (χ4v) is 2.37. The third-order valence-electron chi connectivity index (χ3n) is 3.14. The number of nitrogens with one attached hydrogen (secondary N) is 2. The molecule has 0 unspecified atom stereocenters. The standard InChI is InChI=1S/C13H13ClN2O2/c14-9-1-2-10-11(7-9)18-12(13(17)16-10)8-3-5-15-6-4-8/h1-2,7,15H,3-6H2,(H,16,17). The molecule has 3 rings (SSSR count). The van der Waals surface area contributed by atoms with Crippen LogP contribution in [-0.2, 0) is 4.79 Å². The minimum absolute atomic E-state index is 0.165. The molecule has 1 fully saturated rings. The first-order chi connectivity index (χ1) is 8.74. The van der Waals surface area contributed by atoms with Crippen molar-refractivity contribution in [1.29, 1.82) is 0 Å². The fraction of sp³-hybridized carbons (Fsp3) is 0.308. The van der Waals surface area contributed by atoms with Crippen molar-refractivity contribution in [3.05, 3.63) is 34.6 Å². The second-order valence-electron chi connectivity index (χ2n) is 4.38. The molecule has 1 amide bonds. The van der Waals surface area contributed by atoms with Crippen molar-refractivity contribution in [2.24, 2.45) is 0 Å². The Balaban J connectivity index is 1.97. The summed E-state index contributed by atoms with van der Waals surface area (Å²) >= 11 is 5.93. The molecule has 0 saturated carbocycles. The van der Waals surface area contributed by atoms with Crippen molar-refractivity contribution in [2.75, 3.05) is 18.4 Å². The highest BCUT2D eigenvalue weighted by Gasteiger charge is 2.26. The van der Waals surface area contributed by atoms with Crippen LogP contribution >= 0.6 is 11.6 Å². The summed E-state index contributed by atoms with van der Waals surface area (Å²) in [5, 5.41) is 6.68. The van der Waals surface area contributed by atoms with E-state index in [-0.39, 0.29) is 5.91 Å². The predicted molar refractivity (Wildman–Crippen MR) is 69.8 cm³/mol. The molecular weight excluding hydrogens is 252 g/mol. The molecule has 2 aliphatic heterocycles. The summed E-state index contributed by atoms with van der Waals surface area (Å²) in [6, 6.07) is 5.20. The predicted octanol–water partition coefficient (Wildman–Crippen LogP) is 2.31. The molecule has 2 heterocycles. The van der Waals surface area contributed by atoms with E-state index in [2.05, 4.69) is 10.6 Å². The monoisotopic (exact) mass is 264 g/mol. The van der Waals surface area contributed by atoms with E-state index in [0.717, 1.165) is 31.5 Å². The summed E-state index contributed by atoms with van der Waals surface area (Å²) in [7, 11) is 0. The highest BCUT2D eigenvalue weighted by Crippen LogP contribution is 2.35. The topological polar surface area (TPSA) is 50.4 Å². The lowest BCUT2D eigenvalue weighted by atomic mass is 10.0. The van der Waals surface area contributed by atoms with Gasteiger partial charge in [0.15, 0.2) is 11.5 Å². The molecule has 0 aliphatic carbocycles. The van der Waals surface area contributed by atoms with E-state index in [1.165, 1.54) is 0 Å². The zero-order chi connectivity index (χ0) is 12.5. The van der Waals surface area contributed by atoms with Crippen LogP contribution < -0.4 is 15.4 Å². The minimum Gasteiger partial charge on any atom is -0.449 e. The van der Waals surface area contributed by atoms with Crippen LogP contribution in [0.15, 0.2) is 29.5 Å². The van der Waals surface area contributed by atoms with Gasteiger partial charge in [-0.2, -0.15) is 0 Å². The van der Waals surface area contributed by atoms with Crippen molar-refractivity contribution >= 4 is 23.2 Å². The van der Waals surface area contributed by atoms with Crippen LogP contribution in [0.1, 0.15) is 12.8 Å². The zero-order valence-electron chi connectivity index (χ0n) is 9.75. The second-order valence-corrected chi connectivity index (χ2v) is 4.82. The molecule has 0 atom stereocenters. The first kappa shape index (κ1) is 11.6. The number of benzene rings is 1. The Kier molecular flexibility index (Phi) is 2.97. The molecule has 2 N–H and O–H groups in total. The Morgan fingerprint density at radius 2 is 2.00 bits per heavy atom. The van der Waals surface area contributed by atoms with Crippen LogP contribution in [0.5, 0.6) is 5.75 Å². The van der Waals surface area contributed by atoms with Crippen molar-refractivity contribution in [1.82, 2.24) is 5.32 Å². The van der Waals surface area contributed by atoms with E-state index in [1.54, 1.807) is 18.2 Å². The molecule has 4 nitrogen and oxygen atoms in total. The molecule has 0 aromatic heterocycles. The van der Waals surface area contributed by atoms with Crippen molar-refractivity contribution in [3.8, 4) is 5.75 Å². The lowest BCUT2D eigenvalue weighted by Crippen LogP contribution is -2.30. The van der Waals surface area contributed by atoms with Crippen molar-refractivity contribution in [3.63, 3.8) is 0 Å². The molecule has 1 aromatic carbocycles. The Morgan fingerprint density at radius 3 is 2.78 bits per heavy atom. The van der Waals surface area contributed by atoms with Crippen molar-refractivity contribution in [2.45, 2.75) is 12.8 Å². The van der Waals surface area contributed by atoms with E-state index in [0.29, 0.717) is 22.2 Å². The summed E-state index contributed by atoms with van der Waals surface area (Å²) in [4.78, 5) is 12.0. The third-order valence-corrected chi connectivity index (χ3v) is 3.37. The van der Waals surface area contributed by atoms with E-state index < -0.39 is 0 Å². The Bertz CT molecular complexity index is 532. The lowest BCUT2D eigenvalue weighted by molar-refractivity contribution is -0.115. The van der Waals surface area contributed by atoms with Gasteiger partial charge in [0.05, 0.1) is 5.69 Å². The van der Waals surface area contributed by atoms with Gasteiger partial charge in [-0.1, -0.05) is 11.6 Å². The Hall–Kier alpha value is -1.52. The van der Waals surface area contributed by atoms with Gasteiger partial charge in [0.2, 0.25) is 0 Å². The quantitative estimate of drug-likeness (QED) is 0.707. The summed E-state index contributed by atoms with van der Waals surface area (Å²) in [6.45, 7) is 1.77. The van der Waals surface area contributed by atoms with E-state index in [4.69, 9.17) is 16.3 Å². The third kappa shape index (κ3) is 2.09. The van der Waals surface area contributed by atoms with Crippen molar-refractivity contribution < 1.29 is 9.53 Å². The van der Waals surface area contributed by atoms with E-state index in [1.807, 2.05) is 0 Å². The molecule has 0 radical (unpaired) electrons. The molecule has 18 heavy (non-hydrogen) atoms. The van der Waals surface area contributed by atoms with Crippen LogP contribution in [0.25, 0.3) is 0 Å². The summed E-state index contributed by atoms with van der Waals surface area (Å²) < 4.78 is 5.72. The normalized spacial score (nSPS) is 19.1. The number of amides is 1. The van der Waals surface area contributed by atoms with Gasteiger partial charge in [-0.05, 0) is 43.6 Å². The number of carbonyl (C=O) groups is 1. The maximum Gasteiger partial charge on any atom is 0.291 e. The summed E-state index contributed by atoms with van der Waals surface area (Å²) in [5.74, 6) is 0.885. The fourth-order valence-electron chi connectivity index (χ4n) is 2.21. The van der Waals surface area contributed by atoms with Gasteiger partial charge in [0, 0.05) is 11.1 Å². The summed E-state index contributed by atoms with van der Waals surface area (Å²) in [6.07, 6.45) is 1.69.